The molecule has 31 heavy (non-hydrogen) atoms. The molecule has 3 rings (SSSR count). The number of rotatable bonds is 8. The lowest BCUT2D eigenvalue weighted by Crippen LogP contribution is -2.21. The van der Waals surface area contributed by atoms with Crippen LogP contribution in [0.1, 0.15) is 24.1 Å². The van der Waals surface area contributed by atoms with Gasteiger partial charge in [0.15, 0.2) is 6.04 Å². The highest BCUT2D eigenvalue weighted by molar-refractivity contribution is 5.95. The largest absolute Gasteiger partial charge is 0.494 e. The fraction of sp³-hybridized carbons (Fsp3) is 0.130. The number of nitrogens with two attached hydrogens (primary N) is 2. The van der Waals surface area contributed by atoms with Crippen LogP contribution in [0, 0.1) is 5.41 Å². The van der Waals surface area contributed by atoms with Gasteiger partial charge in [-0.3, -0.25) is 5.41 Å². The molecule has 1 unspecified atom stereocenters. The lowest BCUT2D eigenvalue weighted by atomic mass is 9.98. The number of carbonyl (C=O) groups is 1. The second kappa shape index (κ2) is 10.4. The number of ether oxygens (including phenoxy) is 1. The predicted molar refractivity (Wildman–Crippen MR) is 126 cm³/mol. The molecule has 0 aliphatic carbocycles. The smallest absolute Gasteiger partial charge is 0.330 e. The third kappa shape index (κ3) is 5.90. The number of hydrogen-bond acceptors (Lipinski definition) is 5. The molecule has 0 saturated carbocycles. The summed E-state index contributed by atoms with van der Waals surface area (Å²) in [6, 6.07) is 18.5. The summed E-state index contributed by atoms with van der Waals surface area (Å²) in [6.45, 7) is 2.33. The van der Waals surface area contributed by atoms with Crippen molar-refractivity contribution in [1.29, 1.82) is 5.41 Å². The summed E-state index contributed by atoms with van der Waals surface area (Å²) in [7, 11) is 0. The number of carboxylic acids is 1. The van der Waals surface area contributed by atoms with Gasteiger partial charge in [0.2, 0.25) is 0 Å². The Balaban J connectivity index is 0.00000341. The van der Waals surface area contributed by atoms with Gasteiger partial charge in [0, 0.05) is 16.9 Å². The van der Waals surface area contributed by atoms with E-state index in [0.717, 1.165) is 11.1 Å². The van der Waals surface area contributed by atoms with Gasteiger partial charge in [-0.1, -0.05) is 12.1 Å². The van der Waals surface area contributed by atoms with E-state index >= 15 is 0 Å². The summed E-state index contributed by atoms with van der Waals surface area (Å²) in [4.78, 5) is 12.1. The molecule has 0 spiro atoms. The molecule has 0 aliphatic rings. The van der Waals surface area contributed by atoms with E-state index in [2.05, 4.69) is 5.32 Å². The van der Waals surface area contributed by atoms with Crippen molar-refractivity contribution >= 4 is 35.6 Å². The average Bonchev–Trinajstić information content (AvgIpc) is 2.72. The fourth-order valence-corrected chi connectivity index (χ4v) is 3.12. The SMILES string of the molecule is CCOc1cc(-c2cccc(N)c2)cc(C(Nc2ccc(C(=N)N)cc2)C(=O)O)c1.Cl. The molecule has 0 heterocycles. The number of amidine groups is 1. The summed E-state index contributed by atoms with van der Waals surface area (Å²) in [6.07, 6.45) is 0. The maximum absolute atomic E-state index is 12.1. The summed E-state index contributed by atoms with van der Waals surface area (Å²) in [5.41, 5.74) is 15.4. The molecular formula is C23H25ClN4O3. The number of carboxylic acid groups (broad SMARTS) is 1. The number of nitrogen functional groups attached to an aromatic ring is 2. The van der Waals surface area contributed by atoms with Crippen LogP contribution in [0.2, 0.25) is 0 Å². The molecule has 7 nitrogen and oxygen atoms in total. The van der Waals surface area contributed by atoms with Crippen LogP contribution < -0.4 is 21.5 Å². The molecule has 7 N–H and O–H groups in total. The van der Waals surface area contributed by atoms with E-state index in [4.69, 9.17) is 21.6 Å². The third-order valence-electron chi connectivity index (χ3n) is 4.55. The van der Waals surface area contributed by atoms with Crippen molar-refractivity contribution in [3.05, 3.63) is 77.9 Å². The van der Waals surface area contributed by atoms with E-state index < -0.39 is 12.0 Å². The van der Waals surface area contributed by atoms with Crippen LogP contribution in [-0.4, -0.2) is 23.5 Å². The maximum atomic E-state index is 12.1. The van der Waals surface area contributed by atoms with Crippen LogP contribution in [0.3, 0.4) is 0 Å². The van der Waals surface area contributed by atoms with Gasteiger partial charge in [0.1, 0.15) is 11.6 Å². The van der Waals surface area contributed by atoms with Crippen molar-refractivity contribution < 1.29 is 14.6 Å². The van der Waals surface area contributed by atoms with Gasteiger partial charge in [-0.15, -0.1) is 12.4 Å². The topological polar surface area (TPSA) is 134 Å². The molecule has 0 radical (unpaired) electrons. The number of hydrogen-bond donors (Lipinski definition) is 5. The van der Waals surface area contributed by atoms with E-state index in [9.17, 15) is 9.90 Å². The zero-order valence-corrected chi connectivity index (χ0v) is 17.8. The second-order valence-corrected chi connectivity index (χ2v) is 6.76. The van der Waals surface area contributed by atoms with Crippen molar-refractivity contribution in [2.45, 2.75) is 13.0 Å². The van der Waals surface area contributed by atoms with Gasteiger partial charge in [0.05, 0.1) is 6.61 Å². The third-order valence-corrected chi connectivity index (χ3v) is 4.55. The Hall–Kier alpha value is -3.71. The minimum Gasteiger partial charge on any atom is -0.494 e. The van der Waals surface area contributed by atoms with Crippen LogP contribution in [0.25, 0.3) is 11.1 Å². The molecule has 1 atom stereocenters. The standard InChI is InChI=1S/C23H24N4O3.ClH/c1-2-30-20-12-16(15-4-3-5-18(24)11-15)10-17(13-20)21(23(28)29)27-19-8-6-14(7-9-19)22(25)26;/h3-13,21,27H,2,24H2,1H3,(H3,25,26)(H,28,29);1H. The Morgan fingerprint density at radius 1 is 1.10 bits per heavy atom. The highest BCUT2D eigenvalue weighted by Gasteiger charge is 2.21. The maximum Gasteiger partial charge on any atom is 0.330 e. The van der Waals surface area contributed by atoms with E-state index in [-0.39, 0.29) is 18.2 Å². The van der Waals surface area contributed by atoms with Crippen LogP contribution in [-0.2, 0) is 4.79 Å². The first-order valence-corrected chi connectivity index (χ1v) is 9.45. The highest BCUT2D eigenvalue weighted by Crippen LogP contribution is 2.31. The fourth-order valence-electron chi connectivity index (χ4n) is 3.12. The Morgan fingerprint density at radius 3 is 2.39 bits per heavy atom. The zero-order chi connectivity index (χ0) is 21.7. The summed E-state index contributed by atoms with van der Waals surface area (Å²) in [5.74, 6) is -0.502. The van der Waals surface area contributed by atoms with E-state index in [1.165, 1.54) is 0 Å². The molecular weight excluding hydrogens is 416 g/mol. The number of aliphatic carboxylic acids is 1. The van der Waals surface area contributed by atoms with Crippen molar-refractivity contribution in [3.8, 4) is 16.9 Å². The molecule has 3 aromatic carbocycles. The molecule has 8 heteroatoms. The lowest BCUT2D eigenvalue weighted by Gasteiger charge is -2.19. The molecule has 0 aromatic heterocycles. The predicted octanol–water partition coefficient (Wildman–Crippen LogP) is 4.28. The molecule has 0 saturated heterocycles. The molecule has 3 aromatic rings. The monoisotopic (exact) mass is 440 g/mol. The van der Waals surface area contributed by atoms with Gasteiger partial charge in [-0.05, 0) is 78.2 Å². The number of anilines is 2. The quantitative estimate of drug-likeness (QED) is 0.201. The molecule has 0 fully saturated rings. The molecule has 0 amide bonds. The van der Waals surface area contributed by atoms with Crippen molar-refractivity contribution in [2.75, 3.05) is 17.7 Å². The van der Waals surface area contributed by atoms with Crippen LogP contribution in [0.4, 0.5) is 11.4 Å². The summed E-state index contributed by atoms with van der Waals surface area (Å²) in [5, 5.41) is 20.4. The zero-order valence-electron chi connectivity index (χ0n) is 17.0. The number of benzene rings is 3. The number of nitrogens with one attached hydrogen (secondary N) is 2. The van der Waals surface area contributed by atoms with Gasteiger partial charge < -0.3 is 26.6 Å². The first-order valence-electron chi connectivity index (χ1n) is 9.45. The van der Waals surface area contributed by atoms with Gasteiger partial charge in [0.25, 0.3) is 0 Å². The van der Waals surface area contributed by atoms with Gasteiger partial charge in [-0.2, -0.15) is 0 Å². The molecule has 0 bridgehead atoms. The Labute approximate surface area is 187 Å². The van der Waals surface area contributed by atoms with Crippen molar-refractivity contribution in [3.63, 3.8) is 0 Å². The minimum atomic E-state index is -1.03. The van der Waals surface area contributed by atoms with Gasteiger partial charge >= 0.3 is 5.97 Å². The van der Waals surface area contributed by atoms with Crippen molar-refractivity contribution in [2.24, 2.45) is 5.73 Å². The van der Waals surface area contributed by atoms with Gasteiger partial charge in [-0.25, -0.2) is 4.79 Å². The second-order valence-electron chi connectivity index (χ2n) is 6.76. The van der Waals surface area contributed by atoms with E-state index in [0.29, 0.717) is 34.9 Å². The first kappa shape index (κ1) is 23.6. The normalized spacial score (nSPS) is 11.1. The van der Waals surface area contributed by atoms with Crippen LogP contribution in [0.15, 0.2) is 66.7 Å². The summed E-state index contributed by atoms with van der Waals surface area (Å²) >= 11 is 0. The Morgan fingerprint density at radius 2 is 1.81 bits per heavy atom. The van der Waals surface area contributed by atoms with Crippen LogP contribution in [0.5, 0.6) is 5.75 Å². The summed E-state index contributed by atoms with van der Waals surface area (Å²) < 4.78 is 5.67. The first-order chi connectivity index (χ1) is 14.4. The average molecular weight is 441 g/mol. The van der Waals surface area contributed by atoms with Crippen LogP contribution >= 0.6 is 12.4 Å². The van der Waals surface area contributed by atoms with E-state index in [1.807, 2.05) is 37.3 Å². The number of halogens is 1. The molecule has 0 aliphatic heterocycles. The lowest BCUT2D eigenvalue weighted by molar-refractivity contribution is -0.138. The highest BCUT2D eigenvalue weighted by atomic mass is 35.5. The Bertz CT molecular complexity index is 1070. The van der Waals surface area contributed by atoms with E-state index in [1.54, 1.807) is 36.4 Å². The Kier molecular flexibility index (Phi) is 7.88. The minimum absolute atomic E-state index is 0. The molecule has 162 valence electrons. The van der Waals surface area contributed by atoms with Crippen molar-refractivity contribution in [1.82, 2.24) is 0 Å².